The number of alkyl halides is 6. The summed E-state index contributed by atoms with van der Waals surface area (Å²) >= 11 is 0. The van der Waals surface area contributed by atoms with E-state index in [1.54, 1.807) is 12.1 Å². The largest absolute Gasteiger partial charge is 0.541 e. The van der Waals surface area contributed by atoms with Crippen LogP contribution in [0.2, 0.25) is 36.3 Å². The molecule has 3 aromatic rings. The van der Waals surface area contributed by atoms with Crippen molar-refractivity contribution in [2.45, 2.75) is 90.2 Å². The quantitative estimate of drug-likeness (QED) is 0.156. The van der Waals surface area contributed by atoms with Crippen molar-refractivity contribution in [3.63, 3.8) is 0 Å². The van der Waals surface area contributed by atoms with E-state index >= 15 is 0 Å². The second-order valence-corrected chi connectivity index (χ2v) is 23.7. The van der Waals surface area contributed by atoms with Gasteiger partial charge >= 0.3 is 12.4 Å². The molecule has 0 saturated heterocycles. The molecule has 0 N–H and O–H groups in total. The number of halogens is 6. The molecule has 0 aromatic heterocycles. The highest BCUT2D eigenvalue weighted by molar-refractivity contribution is 6.75. The molecular weight excluding hydrogens is 635 g/mol. The van der Waals surface area contributed by atoms with E-state index in [4.69, 9.17) is 8.85 Å². The Balaban J connectivity index is 2.25. The van der Waals surface area contributed by atoms with Gasteiger partial charge in [0.1, 0.15) is 11.5 Å². The summed E-state index contributed by atoms with van der Waals surface area (Å²) in [5, 5.41) is -0.289. The maximum atomic E-state index is 13.1. The van der Waals surface area contributed by atoms with Crippen molar-refractivity contribution in [1.82, 2.24) is 0 Å². The molecule has 0 amide bonds. The van der Waals surface area contributed by atoms with Gasteiger partial charge in [0.25, 0.3) is 16.6 Å². The summed E-state index contributed by atoms with van der Waals surface area (Å²) in [6, 6.07) is 12.6. The highest BCUT2D eigenvalue weighted by Gasteiger charge is 2.42. The topological polar surface area (TPSA) is 18.5 Å². The van der Waals surface area contributed by atoms with Crippen LogP contribution in [0.3, 0.4) is 0 Å². The Labute approximate surface area is 270 Å². The first-order valence-electron chi connectivity index (χ1n) is 14.7. The van der Waals surface area contributed by atoms with Crippen LogP contribution in [0.15, 0.2) is 60.7 Å². The van der Waals surface area contributed by atoms with E-state index < -0.39 is 40.1 Å². The maximum absolute atomic E-state index is 13.1. The molecule has 0 atom stereocenters. The van der Waals surface area contributed by atoms with Crippen LogP contribution in [-0.4, -0.2) is 16.6 Å². The molecule has 3 rings (SSSR count). The normalized spacial score (nSPS) is 12.9. The van der Waals surface area contributed by atoms with Gasteiger partial charge < -0.3 is 8.85 Å². The molecule has 46 heavy (non-hydrogen) atoms. The van der Waals surface area contributed by atoms with Crippen molar-refractivity contribution in [3.8, 4) is 35.2 Å². The molecular formula is C36H40F6O2Si2. The fourth-order valence-electron chi connectivity index (χ4n) is 3.55. The van der Waals surface area contributed by atoms with Crippen LogP contribution in [0.4, 0.5) is 26.3 Å². The van der Waals surface area contributed by atoms with E-state index in [0.717, 1.165) is 24.3 Å². The predicted octanol–water partition coefficient (Wildman–Crippen LogP) is 11.3. The lowest BCUT2D eigenvalue weighted by atomic mass is 10.0. The molecule has 3 aromatic carbocycles. The van der Waals surface area contributed by atoms with E-state index in [-0.39, 0.29) is 10.1 Å². The smallest absolute Gasteiger partial charge is 0.416 e. The minimum atomic E-state index is -4.47. The minimum Gasteiger partial charge on any atom is -0.541 e. The van der Waals surface area contributed by atoms with Gasteiger partial charge in [-0.25, -0.2) is 0 Å². The number of rotatable bonds is 4. The summed E-state index contributed by atoms with van der Waals surface area (Å²) in [5.41, 5.74) is 0.0501. The van der Waals surface area contributed by atoms with Crippen molar-refractivity contribution < 1.29 is 35.2 Å². The zero-order chi connectivity index (χ0) is 34.9. The van der Waals surface area contributed by atoms with Crippen LogP contribution in [-0.2, 0) is 12.4 Å². The third kappa shape index (κ3) is 9.23. The fourth-order valence-corrected chi connectivity index (χ4v) is 5.58. The van der Waals surface area contributed by atoms with Crippen LogP contribution in [0, 0.1) is 23.7 Å². The van der Waals surface area contributed by atoms with Crippen molar-refractivity contribution in [1.29, 1.82) is 0 Å². The van der Waals surface area contributed by atoms with Gasteiger partial charge in [0, 0.05) is 22.3 Å². The van der Waals surface area contributed by atoms with Crippen LogP contribution >= 0.6 is 0 Å². The van der Waals surface area contributed by atoms with Crippen LogP contribution in [0.5, 0.6) is 11.5 Å². The molecule has 0 aliphatic carbocycles. The highest BCUT2D eigenvalue weighted by Crippen LogP contribution is 2.44. The molecule has 0 fully saturated rings. The standard InChI is InChI=1S/C36H40F6O2Si2/c1-33(2,3)45(7,8)43-31-23-27(17-11-25-13-19-29(20-14-25)35(37,38)39)28(24-32(31)44-46(9,10)34(4,5)6)18-12-26-15-21-30(22-16-26)36(40,41)42/h13-16,19-24H,1-10H3. The second kappa shape index (κ2) is 12.9. The molecule has 0 radical (unpaired) electrons. The van der Waals surface area contributed by atoms with E-state index in [9.17, 15) is 26.3 Å². The molecule has 0 aliphatic rings. The lowest BCUT2D eigenvalue weighted by molar-refractivity contribution is -0.138. The van der Waals surface area contributed by atoms with Crippen molar-refractivity contribution in [2.24, 2.45) is 0 Å². The van der Waals surface area contributed by atoms with Gasteiger partial charge in [-0.2, -0.15) is 26.3 Å². The molecule has 0 saturated carbocycles. The number of hydrogen-bond acceptors (Lipinski definition) is 2. The molecule has 0 bridgehead atoms. The van der Waals surface area contributed by atoms with Gasteiger partial charge in [0.2, 0.25) is 0 Å². The third-order valence-electron chi connectivity index (χ3n) is 8.53. The monoisotopic (exact) mass is 674 g/mol. The third-order valence-corrected chi connectivity index (χ3v) is 17.2. The molecule has 0 aliphatic heterocycles. The van der Waals surface area contributed by atoms with E-state index in [1.807, 2.05) is 0 Å². The first-order valence-corrected chi connectivity index (χ1v) is 20.6. The van der Waals surface area contributed by atoms with Gasteiger partial charge in [-0.3, -0.25) is 0 Å². The SMILES string of the molecule is CC(C)(C)[Si](C)(C)Oc1cc(C#Cc2ccc(C(F)(F)F)cc2)c(C#Cc2ccc(C(F)(F)F)cc2)cc1O[Si](C)(C)C(C)(C)C. The molecule has 0 unspecified atom stereocenters. The summed E-state index contributed by atoms with van der Waals surface area (Å²) < 4.78 is 92.1. The fraction of sp³-hybridized carbons (Fsp3) is 0.389. The van der Waals surface area contributed by atoms with Crippen molar-refractivity contribution in [2.75, 3.05) is 0 Å². The van der Waals surface area contributed by atoms with Gasteiger partial charge in [-0.05, 0) is 96.9 Å². The minimum absolute atomic E-state index is 0.144. The molecule has 2 nitrogen and oxygen atoms in total. The summed E-state index contributed by atoms with van der Waals surface area (Å²) in [4.78, 5) is 0. The Morgan fingerprint density at radius 2 is 0.761 bits per heavy atom. The lowest BCUT2D eigenvalue weighted by Gasteiger charge is -2.39. The molecule has 0 heterocycles. The first-order chi connectivity index (χ1) is 20.8. The number of hydrogen-bond donors (Lipinski definition) is 0. The van der Waals surface area contributed by atoms with Gasteiger partial charge in [0.05, 0.1) is 11.1 Å². The average Bonchev–Trinajstić information content (AvgIpc) is 2.90. The summed E-state index contributed by atoms with van der Waals surface area (Å²) in [7, 11) is -4.78. The Morgan fingerprint density at radius 1 is 0.478 bits per heavy atom. The van der Waals surface area contributed by atoms with Gasteiger partial charge in [-0.15, -0.1) is 0 Å². The molecule has 246 valence electrons. The van der Waals surface area contributed by atoms with E-state index in [1.165, 1.54) is 24.3 Å². The summed E-state index contributed by atoms with van der Waals surface area (Å²) in [6.45, 7) is 21.1. The highest BCUT2D eigenvalue weighted by atomic mass is 28.4. The zero-order valence-corrected chi connectivity index (χ0v) is 29.9. The van der Waals surface area contributed by atoms with Crippen molar-refractivity contribution in [3.05, 3.63) is 94.0 Å². The Morgan fingerprint density at radius 3 is 1.00 bits per heavy atom. The molecule has 10 heteroatoms. The Kier molecular flexibility index (Phi) is 10.3. The van der Waals surface area contributed by atoms with Crippen LogP contribution in [0.25, 0.3) is 0 Å². The molecule has 0 spiro atoms. The Hall–Kier alpha value is -3.61. The lowest BCUT2D eigenvalue weighted by Crippen LogP contribution is -2.45. The predicted molar refractivity (Wildman–Crippen MR) is 177 cm³/mol. The van der Waals surface area contributed by atoms with Crippen molar-refractivity contribution >= 4 is 16.6 Å². The zero-order valence-electron chi connectivity index (χ0n) is 27.9. The van der Waals surface area contributed by atoms with E-state index in [2.05, 4.69) is 91.4 Å². The average molecular weight is 675 g/mol. The van der Waals surface area contributed by atoms with Gasteiger partial charge in [-0.1, -0.05) is 65.2 Å². The first kappa shape index (κ1) is 36.9. The maximum Gasteiger partial charge on any atom is 0.416 e. The summed E-state index contributed by atoms with van der Waals surface area (Å²) in [5.74, 6) is 12.9. The van der Waals surface area contributed by atoms with Crippen LogP contribution in [0.1, 0.15) is 74.9 Å². The summed E-state index contributed by atoms with van der Waals surface area (Å²) in [6.07, 6.45) is -8.94. The van der Waals surface area contributed by atoms with Gasteiger partial charge in [0.15, 0.2) is 0 Å². The van der Waals surface area contributed by atoms with E-state index in [0.29, 0.717) is 33.8 Å². The Bertz CT molecular complexity index is 1540. The number of benzene rings is 3. The second-order valence-electron chi connectivity index (χ2n) is 14.2. The van der Waals surface area contributed by atoms with Crippen LogP contribution < -0.4 is 8.85 Å².